The second-order valence-corrected chi connectivity index (χ2v) is 6.77. The molecule has 5 heteroatoms. The minimum atomic E-state index is 0.205. The first-order valence-electron chi connectivity index (χ1n) is 8.60. The Balaban J connectivity index is 1.68. The van der Waals surface area contributed by atoms with E-state index in [1.807, 2.05) is 43.0 Å². The van der Waals surface area contributed by atoms with Gasteiger partial charge in [-0.1, -0.05) is 12.1 Å². The summed E-state index contributed by atoms with van der Waals surface area (Å²) in [5, 5.41) is 4.26. The number of anilines is 1. The number of hydrogen-bond acceptors (Lipinski definition) is 3. The Hall–Kier alpha value is -2.30. The van der Waals surface area contributed by atoms with Gasteiger partial charge < -0.3 is 9.80 Å². The van der Waals surface area contributed by atoms with Gasteiger partial charge in [0.25, 0.3) is 0 Å². The summed E-state index contributed by atoms with van der Waals surface area (Å²) in [6, 6.07) is 8.73. The molecule has 0 radical (unpaired) electrons. The molecule has 0 saturated carbocycles. The van der Waals surface area contributed by atoms with E-state index in [1.165, 1.54) is 11.3 Å². The lowest BCUT2D eigenvalue weighted by atomic mass is 10.0. The Morgan fingerprint density at radius 3 is 2.92 bits per heavy atom. The highest BCUT2D eigenvalue weighted by atomic mass is 16.2. The van der Waals surface area contributed by atoms with Crippen LogP contribution >= 0.6 is 0 Å². The van der Waals surface area contributed by atoms with E-state index < -0.39 is 0 Å². The number of aromatic nitrogens is 2. The molecule has 2 aromatic rings. The van der Waals surface area contributed by atoms with Crippen molar-refractivity contribution < 1.29 is 4.79 Å². The van der Waals surface area contributed by atoms with Crippen LogP contribution in [0.4, 0.5) is 5.69 Å². The van der Waals surface area contributed by atoms with Crippen molar-refractivity contribution in [3.63, 3.8) is 0 Å². The van der Waals surface area contributed by atoms with Gasteiger partial charge in [0.05, 0.1) is 12.2 Å². The Bertz CT molecular complexity index is 707. The lowest BCUT2D eigenvalue weighted by Gasteiger charge is -2.26. The molecule has 24 heavy (non-hydrogen) atoms. The molecule has 1 atom stereocenters. The molecule has 1 saturated heterocycles. The van der Waals surface area contributed by atoms with Gasteiger partial charge in [-0.25, -0.2) is 0 Å². The van der Waals surface area contributed by atoms with Crippen LogP contribution in [0.15, 0.2) is 36.7 Å². The fourth-order valence-electron chi connectivity index (χ4n) is 3.37. The summed E-state index contributed by atoms with van der Waals surface area (Å²) in [5.74, 6) is 0.223. The largest absolute Gasteiger partial charge is 0.378 e. The molecule has 1 aliphatic heterocycles. The van der Waals surface area contributed by atoms with Gasteiger partial charge in [-0.3, -0.25) is 9.48 Å². The number of hydrogen-bond donors (Lipinski definition) is 0. The summed E-state index contributed by atoms with van der Waals surface area (Å²) >= 11 is 0. The number of nitrogens with zero attached hydrogens (tertiary/aromatic N) is 4. The van der Waals surface area contributed by atoms with Crippen molar-refractivity contribution >= 4 is 11.6 Å². The first kappa shape index (κ1) is 16.6. The van der Waals surface area contributed by atoms with Gasteiger partial charge in [0.1, 0.15) is 0 Å². The van der Waals surface area contributed by atoms with Crippen molar-refractivity contribution in [2.45, 2.75) is 38.8 Å². The number of carbonyl (C=O) groups excluding carboxylic acids is 1. The molecule has 0 bridgehead atoms. The molecule has 0 aliphatic carbocycles. The van der Waals surface area contributed by atoms with Crippen LogP contribution < -0.4 is 4.90 Å². The normalized spacial score (nSPS) is 17.3. The van der Waals surface area contributed by atoms with Crippen molar-refractivity contribution in [3.8, 4) is 0 Å². The van der Waals surface area contributed by atoms with Crippen molar-refractivity contribution in [2.75, 3.05) is 25.5 Å². The van der Waals surface area contributed by atoms with Gasteiger partial charge in [0.15, 0.2) is 0 Å². The average Bonchev–Trinajstić information content (AvgIpc) is 3.21. The highest BCUT2D eigenvalue weighted by Gasteiger charge is 2.29. The first-order chi connectivity index (χ1) is 11.5. The zero-order valence-corrected chi connectivity index (χ0v) is 14.8. The maximum atomic E-state index is 12.7. The molecule has 1 amide bonds. The topological polar surface area (TPSA) is 41.4 Å². The van der Waals surface area contributed by atoms with Gasteiger partial charge in [0.2, 0.25) is 5.91 Å². The first-order valence-corrected chi connectivity index (χ1v) is 8.60. The van der Waals surface area contributed by atoms with Crippen LogP contribution in [-0.4, -0.2) is 41.2 Å². The van der Waals surface area contributed by atoms with Gasteiger partial charge >= 0.3 is 0 Å². The third kappa shape index (κ3) is 3.61. The van der Waals surface area contributed by atoms with Crippen molar-refractivity contribution in [3.05, 3.63) is 47.8 Å². The Labute approximate surface area is 143 Å². The highest BCUT2D eigenvalue weighted by molar-refractivity contribution is 5.77. The van der Waals surface area contributed by atoms with Gasteiger partial charge in [-0.15, -0.1) is 0 Å². The van der Waals surface area contributed by atoms with Crippen LogP contribution in [0.3, 0.4) is 0 Å². The van der Waals surface area contributed by atoms with Crippen LogP contribution in [-0.2, 0) is 11.3 Å². The molecule has 5 nitrogen and oxygen atoms in total. The van der Waals surface area contributed by atoms with E-state index in [4.69, 9.17) is 0 Å². The molecule has 0 spiro atoms. The van der Waals surface area contributed by atoms with E-state index in [1.54, 1.807) is 0 Å². The predicted octanol–water partition coefficient (Wildman–Crippen LogP) is 3.01. The lowest BCUT2D eigenvalue weighted by molar-refractivity contribution is -0.132. The zero-order valence-electron chi connectivity index (χ0n) is 14.8. The minimum Gasteiger partial charge on any atom is -0.378 e. The van der Waals surface area contributed by atoms with Gasteiger partial charge in [-0.2, -0.15) is 5.10 Å². The van der Waals surface area contributed by atoms with E-state index in [0.29, 0.717) is 13.0 Å². The Kier molecular flexibility index (Phi) is 4.88. The fourth-order valence-corrected chi connectivity index (χ4v) is 3.37. The molecule has 1 fully saturated rings. The van der Waals surface area contributed by atoms with E-state index in [0.717, 1.165) is 24.9 Å². The van der Waals surface area contributed by atoms with E-state index in [2.05, 4.69) is 34.3 Å². The highest BCUT2D eigenvalue weighted by Crippen LogP contribution is 2.33. The predicted molar refractivity (Wildman–Crippen MR) is 96.0 cm³/mol. The van der Waals surface area contributed by atoms with Crippen LogP contribution in [0.1, 0.15) is 36.4 Å². The zero-order chi connectivity index (χ0) is 17.1. The molecular formula is C19H26N4O. The maximum absolute atomic E-state index is 12.7. The van der Waals surface area contributed by atoms with Crippen molar-refractivity contribution in [1.29, 1.82) is 0 Å². The number of rotatable bonds is 5. The number of benzene rings is 1. The Morgan fingerprint density at radius 1 is 1.38 bits per heavy atom. The van der Waals surface area contributed by atoms with E-state index >= 15 is 0 Å². The lowest BCUT2D eigenvalue weighted by Crippen LogP contribution is -2.31. The SMILES string of the molecule is Cc1cnn(CCC(=O)N2CCC[C@@H]2c2cccc(N(C)C)c2)c1. The summed E-state index contributed by atoms with van der Waals surface area (Å²) in [4.78, 5) is 16.9. The summed E-state index contributed by atoms with van der Waals surface area (Å²) in [6.07, 6.45) is 6.43. The molecule has 1 aromatic heterocycles. The molecular weight excluding hydrogens is 300 g/mol. The minimum absolute atomic E-state index is 0.205. The second-order valence-electron chi connectivity index (χ2n) is 6.77. The molecule has 1 aliphatic rings. The molecule has 128 valence electrons. The van der Waals surface area contributed by atoms with E-state index in [9.17, 15) is 4.79 Å². The third-order valence-corrected chi connectivity index (χ3v) is 4.66. The number of carbonyl (C=O) groups is 1. The number of likely N-dealkylation sites (tertiary alicyclic amines) is 1. The summed E-state index contributed by atoms with van der Waals surface area (Å²) in [6.45, 7) is 3.51. The van der Waals surface area contributed by atoms with Crippen LogP contribution in [0.2, 0.25) is 0 Å². The number of aryl methyl sites for hydroxylation is 2. The summed E-state index contributed by atoms with van der Waals surface area (Å²) < 4.78 is 1.85. The van der Waals surface area contributed by atoms with Crippen LogP contribution in [0, 0.1) is 6.92 Å². The van der Waals surface area contributed by atoms with Crippen LogP contribution in [0.5, 0.6) is 0 Å². The van der Waals surface area contributed by atoms with Gasteiger partial charge in [0, 0.05) is 45.5 Å². The smallest absolute Gasteiger partial charge is 0.224 e. The standard InChI is InChI=1S/C19H26N4O/c1-15-13-20-22(14-15)11-9-19(24)23-10-5-8-18(23)16-6-4-7-17(12-16)21(2)3/h4,6-7,12-14,18H,5,8-11H2,1-3H3/t18-/m1/s1. The van der Waals surface area contributed by atoms with Crippen LogP contribution in [0.25, 0.3) is 0 Å². The van der Waals surface area contributed by atoms with Crippen molar-refractivity contribution in [1.82, 2.24) is 14.7 Å². The van der Waals surface area contributed by atoms with Crippen molar-refractivity contribution in [2.24, 2.45) is 0 Å². The fraction of sp³-hybridized carbons (Fsp3) is 0.474. The third-order valence-electron chi connectivity index (χ3n) is 4.66. The second kappa shape index (κ2) is 7.07. The average molecular weight is 326 g/mol. The summed E-state index contributed by atoms with van der Waals surface area (Å²) in [5.41, 5.74) is 3.54. The molecule has 1 aromatic carbocycles. The maximum Gasteiger partial charge on any atom is 0.224 e. The quantitative estimate of drug-likeness (QED) is 0.848. The molecule has 2 heterocycles. The monoisotopic (exact) mass is 326 g/mol. The molecule has 0 N–H and O–H groups in total. The van der Waals surface area contributed by atoms with E-state index in [-0.39, 0.29) is 11.9 Å². The molecule has 3 rings (SSSR count). The van der Waals surface area contributed by atoms with Gasteiger partial charge in [-0.05, 0) is 43.0 Å². The number of amides is 1. The summed E-state index contributed by atoms with van der Waals surface area (Å²) in [7, 11) is 4.09. The molecule has 0 unspecified atom stereocenters. The Morgan fingerprint density at radius 2 is 2.21 bits per heavy atom.